The second kappa shape index (κ2) is 8.29. The number of nitrogens with zero attached hydrogens (tertiary/aromatic N) is 6. The normalized spacial score (nSPS) is 12.5. The minimum absolute atomic E-state index is 0.0614. The zero-order valence-electron chi connectivity index (χ0n) is 17.2. The van der Waals surface area contributed by atoms with Crippen LogP contribution in [0.3, 0.4) is 0 Å². The maximum absolute atomic E-state index is 13.0. The van der Waals surface area contributed by atoms with Crippen molar-refractivity contribution in [3.8, 4) is 17.3 Å². The molecule has 0 aliphatic rings. The van der Waals surface area contributed by atoms with Crippen molar-refractivity contribution in [3.05, 3.63) is 85.3 Å². The molecule has 4 heterocycles. The van der Waals surface area contributed by atoms with E-state index < -0.39 is 15.9 Å². The summed E-state index contributed by atoms with van der Waals surface area (Å²) in [5, 5.41) is 14.7. The van der Waals surface area contributed by atoms with E-state index in [1.54, 1.807) is 53.7 Å². The Morgan fingerprint density at radius 1 is 1.06 bits per heavy atom. The minimum atomic E-state index is -3.74. The van der Waals surface area contributed by atoms with Gasteiger partial charge in [0, 0.05) is 35.7 Å². The summed E-state index contributed by atoms with van der Waals surface area (Å²) in [5.74, 6) is 0. The molecule has 4 aromatic heterocycles. The Labute approximate surface area is 189 Å². The van der Waals surface area contributed by atoms with Crippen LogP contribution < -0.4 is 0 Å². The molecule has 1 unspecified atom stereocenters. The van der Waals surface area contributed by atoms with Crippen molar-refractivity contribution in [1.29, 1.82) is 5.26 Å². The first kappa shape index (κ1) is 20.5. The van der Waals surface area contributed by atoms with Gasteiger partial charge in [-0.15, -0.1) is 0 Å². The monoisotopic (exact) mass is 455 g/mol. The van der Waals surface area contributed by atoms with Crippen molar-refractivity contribution < 1.29 is 8.42 Å². The summed E-state index contributed by atoms with van der Waals surface area (Å²) in [6, 6.07) is 13.2. The number of rotatable bonds is 6. The smallest absolute Gasteiger partial charge is 0.208 e. The predicted molar refractivity (Wildman–Crippen MR) is 120 cm³/mol. The molecule has 0 saturated heterocycles. The van der Waals surface area contributed by atoms with Gasteiger partial charge in [-0.1, -0.05) is 18.2 Å². The van der Waals surface area contributed by atoms with Crippen molar-refractivity contribution in [2.45, 2.75) is 22.3 Å². The van der Waals surface area contributed by atoms with E-state index in [9.17, 15) is 13.7 Å². The number of aromatic amines is 1. The van der Waals surface area contributed by atoms with Crippen LogP contribution in [0.5, 0.6) is 0 Å². The fourth-order valence-electron chi connectivity index (χ4n) is 3.68. The average molecular weight is 456 g/mol. The number of fused-ring (bicyclic) bond motifs is 1. The van der Waals surface area contributed by atoms with Crippen LogP contribution >= 0.6 is 0 Å². The first-order chi connectivity index (χ1) is 16.1. The predicted octanol–water partition coefficient (Wildman–Crippen LogP) is 3.55. The fraction of sp³-hybridized carbons (Fsp3) is 0.0870. The molecule has 9 nitrogen and oxygen atoms in total. The third-order valence-electron chi connectivity index (χ3n) is 5.32. The molecule has 0 aliphatic carbocycles. The first-order valence-electron chi connectivity index (χ1n) is 10.0. The standard InChI is InChI=1S/C23H17N7O2S/c24-8-6-21(16-10-19(13-25-11-16)33(31,32)18-4-2-1-3-5-18)30-14-17(12-29-30)22-20-7-9-26-23(20)28-15-27-22/h1-5,7,9-15,21H,6H2,(H,26,27,28). The van der Waals surface area contributed by atoms with Crippen molar-refractivity contribution in [3.63, 3.8) is 0 Å². The molecule has 10 heteroatoms. The summed E-state index contributed by atoms with van der Waals surface area (Å²) in [6.45, 7) is 0. The molecule has 0 saturated carbocycles. The van der Waals surface area contributed by atoms with E-state index in [1.807, 2.05) is 6.07 Å². The van der Waals surface area contributed by atoms with E-state index in [1.165, 1.54) is 24.7 Å². The molecular weight excluding hydrogens is 438 g/mol. The number of hydrogen-bond acceptors (Lipinski definition) is 7. The number of aromatic nitrogens is 6. The lowest BCUT2D eigenvalue weighted by molar-refractivity contribution is 0.529. The molecule has 0 bridgehead atoms. The Morgan fingerprint density at radius 3 is 2.73 bits per heavy atom. The van der Waals surface area contributed by atoms with Crippen molar-refractivity contribution >= 4 is 20.9 Å². The number of hydrogen-bond donors (Lipinski definition) is 1. The molecule has 0 radical (unpaired) electrons. The average Bonchev–Trinajstić information content (AvgIpc) is 3.53. The van der Waals surface area contributed by atoms with E-state index in [-0.39, 0.29) is 16.2 Å². The number of pyridine rings is 1. The van der Waals surface area contributed by atoms with E-state index in [2.05, 4.69) is 31.1 Å². The molecule has 33 heavy (non-hydrogen) atoms. The lowest BCUT2D eigenvalue weighted by Gasteiger charge is -2.15. The SMILES string of the molecule is N#CCC(c1cncc(S(=O)(=O)c2ccccc2)c1)n1cc(-c2ncnc3[nH]ccc23)cn1. The van der Waals surface area contributed by atoms with Gasteiger partial charge in [0.15, 0.2) is 0 Å². The van der Waals surface area contributed by atoms with Gasteiger partial charge in [-0.3, -0.25) is 9.67 Å². The number of nitrogens with one attached hydrogen (secondary N) is 1. The fourth-order valence-corrected chi connectivity index (χ4v) is 4.96. The third-order valence-corrected chi connectivity index (χ3v) is 7.05. The van der Waals surface area contributed by atoms with Gasteiger partial charge in [0.05, 0.1) is 40.2 Å². The topological polar surface area (TPSA) is 130 Å². The van der Waals surface area contributed by atoms with Crippen molar-refractivity contribution in [2.75, 3.05) is 0 Å². The second-order valence-electron chi connectivity index (χ2n) is 7.32. The minimum Gasteiger partial charge on any atom is -0.346 e. The van der Waals surface area contributed by atoms with E-state index in [0.717, 1.165) is 10.9 Å². The van der Waals surface area contributed by atoms with Crippen LogP contribution in [0.25, 0.3) is 22.3 Å². The maximum Gasteiger partial charge on any atom is 0.208 e. The van der Waals surface area contributed by atoms with Crippen molar-refractivity contribution in [2.24, 2.45) is 0 Å². The highest BCUT2D eigenvalue weighted by molar-refractivity contribution is 7.91. The Hall–Kier alpha value is -4.36. The summed E-state index contributed by atoms with van der Waals surface area (Å²) in [7, 11) is -3.74. The number of H-pyrrole nitrogens is 1. The van der Waals surface area contributed by atoms with Crippen molar-refractivity contribution in [1.82, 2.24) is 29.7 Å². The molecule has 5 aromatic rings. The highest BCUT2D eigenvalue weighted by Crippen LogP contribution is 2.29. The summed E-state index contributed by atoms with van der Waals surface area (Å²) < 4.78 is 27.7. The largest absolute Gasteiger partial charge is 0.346 e. The molecule has 1 aromatic carbocycles. The van der Waals surface area contributed by atoms with Crippen LogP contribution in [0.1, 0.15) is 18.0 Å². The summed E-state index contributed by atoms with van der Waals surface area (Å²) in [6.07, 6.45) is 9.67. The maximum atomic E-state index is 13.0. The van der Waals surface area contributed by atoms with Gasteiger partial charge in [-0.25, -0.2) is 18.4 Å². The summed E-state index contributed by atoms with van der Waals surface area (Å²) in [4.78, 5) is 16.0. The molecule has 0 fully saturated rings. The highest BCUT2D eigenvalue weighted by Gasteiger charge is 2.22. The number of benzene rings is 1. The van der Waals surface area contributed by atoms with Crippen LogP contribution in [-0.4, -0.2) is 38.1 Å². The molecular formula is C23H17N7O2S. The van der Waals surface area contributed by atoms with Crippen LogP contribution in [0, 0.1) is 11.3 Å². The molecule has 1 atom stereocenters. The molecule has 0 spiro atoms. The Bertz CT molecular complexity index is 1580. The van der Waals surface area contributed by atoms with Gasteiger partial charge in [-0.05, 0) is 29.8 Å². The van der Waals surface area contributed by atoms with E-state index in [4.69, 9.17) is 0 Å². The number of nitriles is 1. The second-order valence-corrected chi connectivity index (χ2v) is 9.27. The highest BCUT2D eigenvalue weighted by atomic mass is 32.2. The van der Waals surface area contributed by atoms with Gasteiger partial charge in [0.1, 0.15) is 12.0 Å². The van der Waals surface area contributed by atoms with Gasteiger partial charge in [0.2, 0.25) is 9.84 Å². The zero-order valence-corrected chi connectivity index (χ0v) is 18.0. The molecule has 0 amide bonds. The Morgan fingerprint density at radius 2 is 1.91 bits per heavy atom. The van der Waals surface area contributed by atoms with Crippen LogP contribution in [0.2, 0.25) is 0 Å². The lowest BCUT2D eigenvalue weighted by atomic mass is 10.1. The molecule has 1 N–H and O–H groups in total. The van der Waals surface area contributed by atoms with Gasteiger partial charge in [-0.2, -0.15) is 10.4 Å². The molecule has 162 valence electrons. The van der Waals surface area contributed by atoms with E-state index >= 15 is 0 Å². The van der Waals surface area contributed by atoms with Crippen LogP contribution in [-0.2, 0) is 9.84 Å². The quantitative estimate of drug-likeness (QED) is 0.414. The number of sulfone groups is 1. The molecule has 0 aliphatic heterocycles. The summed E-state index contributed by atoms with van der Waals surface area (Å²) in [5.41, 5.74) is 2.75. The summed E-state index contributed by atoms with van der Waals surface area (Å²) >= 11 is 0. The third kappa shape index (κ3) is 3.75. The first-order valence-corrected chi connectivity index (χ1v) is 11.5. The van der Waals surface area contributed by atoms with Crippen LogP contribution in [0.15, 0.2) is 89.6 Å². The lowest BCUT2D eigenvalue weighted by Crippen LogP contribution is -2.12. The molecule has 5 rings (SSSR count). The Kier molecular flexibility index (Phi) is 5.16. The zero-order chi connectivity index (χ0) is 22.8. The van der Waals surface area contributed by atoms with E-state index in [0.29, 0.717) is 16.9 Å². The Balaban J connectivity index is 1.54. The van der Waals surface area contributed by atoms with Gasteiger partial charge >= 0.3 is 0 Å². The van der Waals surface area contributed by atoms with Crippen LogP contribution in [0.4, 0.5) is 0 Å². The van der Waals surface area contributed by atoms with Gasteiger partial charge in [0.25, 0.3) is 0 Å². The van der Waals surface area contributed by atoms with Gasteiger partial charge < -0.3 is 4.98 Å².